The smallest absolute Gasteiger partial charge is 0.295 e. The molecule has 0 aliphatic heterocycles. The van der Waals surface area contributed by atoms with Gasteiger partial charge in [-0.3, -0.25) is 4.72 Å². The van der Waals surface area contributed by atoms with Gasteiger partial charge in [0.25, 0.3) is 10.0 Å². The average molecular weight is 258 g/mol. The number of hydrogen-bond donors (Lipinski definition) is 2. The van der Waals surface area contributed by atoms with Crippen molar-refractivity contribution in [1.29, 1.82) is 0 Å². The highest BCUT2D eigenvalue weighted by atomic mass is 35.5. The lowest BCUT2D eigenvalue weighted by molar-refractivity contribution is 0.594. The normalized spacial score (nSPS) is 11.3. The van der Waals surface area contributed by atoms with Crippen LogP contribution in [0.4, 0.5) is 5.69 Å². The van der Waals surface area contributed by atoms with Gasteiger partial charge in [0.1, 0.15) is 0 Å². The summed E-state index contributed by atoms with van der Waals surface area (Å²) in [4.78, 5) is 6.19. The lowest BCUT2D eigenvalue weighted by Gasteiger charge is -2.05. The Balaban J connectivity index is 2.29. The largest absolute Gasteiger partial charge is 0.334 e. The van der Waals surface area contributed by atoms with Crippen molar-refractivity contribution in [3.63, 3.8) is 0 Å². The van der Waals surface area contributed by atoms with Gasteiger partial charge in [-0.15, -0.1) is 0 Å². The molecule has 0 saturated carbocycles. The van der Waals surface area contributed by atoms with Crippen molar-refractivity contribution < 1.29 is 8.42 Å². The number of rotatable bonds is 3. The van der Waals surface area contributed by atoms with Crippen LogP contribution < -0.4 is 4.72 Å². The summed E-state index contributed by atoms with van der Waals surface area (Å²) in [5.74, 6) is 0. The lowest BCUT2D eigenvalue weighted by Crippen LogP contribution is -2.14. The summed E-state index contributed by atoms with van der Waals surface area (Å²) in [7, 11) is -3.66. The van der Waals surface area contributed by atoms with Gasteiger partial charge in [-0.05, 0) is 18.2 Å². The number of benzene rings is 1. The molecule has 1 aromatic carbocycles. The number of aromatic nitrogens is 2. The lowest BCUT2D eigenvalue weighted by atomic mass is 10.3. The Kier molecular flexibility index (Phi) is 2.84. The van der Waals surface area contributed by atoms with Crippen LogP contribution >= 0.6 is 11.6 Å². The minimum absolute atomic E-state index is 0.132. The van der Waals surface area contributed by atoms with E-state index in [-0.39, 0.29) is 5.16 Å². The predicted octanol–water partition coefficient (Wildman–Crippen LogP) is 1.86. The Morgan fingerprint density at radius 3 is 2.81 bits per heavy atom. The van der Waals surface area contributed by atoms with Gasteiger partial charge < -0.3 is 4.98 Å². The van der Waals surface area contributed by atoms with Crippen LogP contribution in [0, 0.1) is 0 Å². The first-order valence-electron chi connectivity index (χ1n) is 4.36. The van der Waals surface area contributed by atoms with Crippen LogP contribution in [0.5, 0.6) is 0 Å². The molecular formula is C9H8ClN3O2S. The van der Waals surface area contributed by atoms with Crippen molar-refractivity contribution in [3.8, 4) is 0 Å². The van der Waals surface area contributed by atoms with E-state index in [2.05, 4.69) is 14.7 Å². The minimum Gasteiger partial charge on any atom is -0.334 e. The fourth-order valence-electron chi connectivity index (χ4n) is 1.15. The fourth-order valence-corrected chi connectivity index (χ4v) is 2.30. The van der Waals surface area contributed by atoms with Crippen molar-refractivity contribution in [2.24, 2.45) is 0 Å². The van der Waals surface area contributed by atoms with Crippen LogP contribution in [0.2, 0.25) is 5.02 Å². The minimum atomic E-state index is -3.66. The van der Waals surface area contributed by atoms with E-state index in [0.29, 0.717) is 10.7 Å². The number of hydrogen-bond acceptors (Lipinski definition) is 3. The predicted molar refractivity (Wildman–Crippen MR) is 60.8 cm³/mol. The molecule has 16 heavy (non-hydrogen) atoms. The van der Waals surface area contributed by atoms with E-state index < -0.39 is 10.0 Å². The Morgan fingerprint density at radius 2 is 2.19 bits per heavy atom. The van der Waals surface area contributed by atoms with Gasteiger partial charge in [0.2, 0.25) is 5.16 Å². The van der Waals surface area contributed by atoms with Crippen molar-refractivity contribution in [2.75, 3.05) is 4.72 Å². The number of H-pyrrole nitrogens is 1. The van der Waals surface area contributed by atoms with Crippen LogP contribution in [0.15, 0.2) is 41.8 Å². The zero-order valence-corrected chi connectivity index (χ0v) is 9.59. The van der Waals surface area contributed by atoms with Gasteiger partial charge in [-0.25, -0.2) is 4.98 Å². The molecule has 0 atom stereocenters. The maximum absolute atomic E-state index is 11.7. The van der Waals surface area contributed by atoms with Crippen molar-refractivity contribution in [1.82, 2.24) is 9.97 Å². The van der Waals surface area contributed by atoms with Crippen LogP contribution in [-0.4, -0.2) is 18.4 Å². The summed E-state index contributed by atoms with van der Waals surface area (Å²) < 4.78 is 25.8. The first kappa shape index (κ1) is 11.0. The molecule has 0 aliphatic rings. The third-order valence-electron chi connectivity index (χ3n) is 1.80. The molecule has 1 heterocycles. The number of halogens is 1. The summed E-state index contributed by atoms with van der Waals surface area (Å²) in [6.45, 7) is 0. The van der Waals surface area contributed by atoms with E-state index in [1.807, 2.05) is 0 Å². The summed E-state index contributed by atoms with van der Waals surface area (Å²) in [5.41, 5.74) is 0.393. The summed E-state index contributed by atoms with van der Waals surface area (Å²) >= 11 is 5.74. The monoisotopic (exact) mass is 257 g/mol. The highest BCUT2D eigenvalue weighted by Crippen LogP contribution is 2.17. The number of sulfonamides is 1. The number of imidazole rings is 1. The van der Waals surface area contributed by atoms with Crippen molar-refractivity contribution >= 4 is 27.3 Å². The zero-order valence-electron chi connectivity index (χ0n) is 8.01. The van der Waals surface area contributed by atoms with Crippen LogP contribution in [0.3, 0.4) is 0 Å². The molecule has 0 aliphatic carbocycles. The van der Waals surface area contributed by atoms with Crippen LogP contribution in [-0.2, 0) is 10.0 Å². The van der Waals surface area contributed by atoms with Gasteiger partial charge in [0.15, 0.2) is 0 Å². The maximum Gasteiger partial charge on any atom is 0.295 e. The Bertz CT molecular complexity index is 581. The summed E-state index contributed by atoms with van der Waals surface area (Å²) in [6.07, 6.45) is 2.80. The summed E-state index contributed by atoms with van der Waals surface area (Å²) in [5, 5.41) is 0.326. The van der Waals surface area contributed by atoms with Crippen molar-refractivity contribution in [2.45, 2.75) is 5.16 Å². The van der Waals surface area contributed by atoms with Gasteiger partial charge in [-0.2, -0.15) is 8.42 Å². The van der Waals surface area contributed by atoms with Gasteiger partial charge in [0.05, 0.1) is 5.69 Å². The molecule has 5 nitrogen and oxygen atoms in total. The highest BCUT2D eigenvalue weighted by Gasteiger charge is 2.16. The van der Waals surface area contributed by atoms with E-state index in [9.17, 15) is 8.42 Å². The van der Waals surface area contributed by atoms with Gasteiger partial charge in [0, 0.05) is 17.4 Å². The topological polar surface area (TPSA) is 74.8 Å². The molecule has 1 aromatic heterocycles. The van der Waals surface area contributed by atoms with Crippen LogP contribution in [0.25, 0.3) is 0 Å². The number of nitrogens with one attached hydrogen (secondary N) is 2. The fraction of sp³-hybridized carbons (Fsp3) is 0. The second-order valence-electron chi connectivity index (χ2n) is 3.01. The zero-order chi connectivity index (χ0) is 11.6. The first-order valence-corrected chi connectivity index (χ1v) is 6.22. The SMILES string of the molecule is O=S(=O)(Nc1cccc(Cl)c1)c1ncc[nH]1. The van der Waals surface area contributed by atoms with E-state index in [0.717, 1.165) is 0 Å². The summed E-state index contributed by atoms with van der Waals surface area (Å²) in [6, 6.07) is 6.43. The van der Waals surface area contributed by atoms with E-state index in [1.54, 1.807) is 18.2 Å². The molecule has 2 N–H and O–H groups in total. The molecular weight excluding hydrogens is 250 g/mol. The number of nitrogens with zero attached hydrogens (tertiary/aromatic N) is 1. The molecule has 0 saturated heterocycles. The molecule has 7 heteroatoms. The molecule has 0 bridgehead atoms. The van der Waals surface area contributed by atoms with E-state index in [4.69, 9.17) is 11.6 Å². The molecule has 0 radical (unpaired) electrons. The third-order valence-corrected chi connectivity index (χ3v) is 3.28. The number of anilines is 1. The third kappa shape index (κ3) is 2.34. The Morgan fingerprint density at radius 1 is 1.38 bits per heavy atom. The second-order valence-corrected chi connectivity index (χ2v) is 5.04. The molecule has 84 valence electrons. The highest BCUT2D eigenvalue weighted by molar-refractivity contribution is 7.92. The van der Waals surface area contributed by atoms with Crippen LogP contribution in [0.1, 0.15) is 0 Å². The number of aromatic amines is 1. The first-order chi connectivity index (χ1) is 7.58. The quantitative estimate of drug-likeness (QED) is 0.881. The van der Waals surface area contributed by atoms with Gasteiger partial charge >= 0.3 is 0 Å². The average Bonchev–Trinajstić information content (AvgIpc) is 2.69. The van der Waals surface area contributed by atoms with E-state index >= 15 is 0 Å². The molecule has 2 aromatic rings. The van der Waals surface area contributed by atoms with Gasteiger partial charge in [-0.1, -0.05) is 17.7 Å². The standard InChI is InChI=1S/C9H8ClN3O2S/c10-7-2-1-3-8(6-7)13-16(14,15)9-11-4-5-12-9/h1-6,13H,(H,11,12). The van der Waals surface area contributed by atoms with Crippen molar-refractivity contribution in [3.05, 3.63) is 41.7 Å². The Hall–Kier alpha value is -1.53. The molecule has 0 spiro atoms. The Labute approximate surface area is 97.5 Å². The molecule has 0 unspecified atom stereocenters. The molecule has 0 amide bonds. The second kappa shape index (κ2) is 4.15. The van der Waals surface area contributed by atoms with E-state index in [1.165, 1.54) is 18.5 Å². The molecule has 2 rings (SSSR count). The molecule has 0 fully saturated rings. The maximum atomic E-state index is 11.7.